The van der Waals surface area contributed by atoms with Crippen molar-refractivity contribution in [3.8, 4) is 0 Å². The van der Waals surface area contributed by atoms with Gasteiger partial charge in [-0.15, -0.1) is 0 Å². The molecule has 0 bridgehead atoms. The Morgan fingerprint density at radius 3 is 1.40 bits per heavy atom. The number of aliphatic hydroxyl groups excluding tert-OH is 2. The molecule has 290 valence electrons. The van der Waals surface area contributed by atoms with Gasteiger partial charge in [0.25, 0.3) is 0 Å². The van der Waals surface area contributed by atoms with Crippen LogP contribution in [0.1, 0.15) is 101 Å². The van der Waals surface area contributed by atoms with Gasteiger partial charge in [0, 0.05) is 57.9 Å². The summed E-state index contributed by atoms with van der Waals surface area (Å²) in [6.45, 7) is 11.5. The van der Waals surface area contributed by atoms with Crippen LogP contribution in [0.4, 0.5) is 11.6 Å². The normalized spacial score (nSPS) is 12.3. The first-order chi connectivity index (χ1) is 25.1. The number of allylic oxidation sites excluding steroid dienone is 2. The van der Waals surface area contributed by atoms with Gasteiger partial charge >= 0.3 is 0 Å². The van der Waals surface area contributed by atoms with Crippen molar-refractivity contribution in [3.63, 3.8) is 0 Å². The molecule has 0 radical (unpaired) electrons. The summed E-state index contributed by atoms with van der Waals surface area (Å²) in [5.74, 6) is 1.81. The first kappa shape index (κ1) is 44.9. The van der Waals surface area contributed by atoms with Gasteiger partial charge in [0.2, 0.25) is 12.8 Å². The first-order valence-corrected chi connectivity index (χ1v) is 20.3. The third-order valence-corrected chi connectivity index (χ3v) is 11.4. The van der Waals surface area contributed by atoms with Crippen LogP contribution in [-0.2, 0) is 22.7 Å². The molecule has 2 heterocycles. The first-order valence-electron chi connectivity index (χ1n) is 18.1. The zero-order chi connectivity index (χ0) is 38.1. The second kappa shape index (κ2) is 26.5. The van der Waals surface area contributed by atoms with Crippen LogP contribution in [0.5, 0.6) is 0 Å². The largest absolute Gasteiger partial charge is 0.396 e. The molecule has 2 aromatic heterocycles. The number of aromatic nitrogens is 4. The molecule has 0 unspecified atom stereocenters. The van der Waals surface area contributed by atoms with Crippen molar-refractivity contribution in [1.82, 2.24) is 40.4 Å². The highest BCUT2D eigenvalue weighted by molar-refractivity contribution is 8.79. The number of aliphatic hydroxyl groups is 2. The number of amides is 2. The Kier molecular flexibility index (Phi) is 22.9. The van der Waals surface area contributed by atoms with E-state index in [0.29, 0.717) is 60.3 Å². The number of nitrogens with zero attached hydrogens (tertiary/aromatic N) is 6. The maximum Gasteiger partial charge on any atom is 0.214 e. The van der Waals surface area contributed by atoms with Crippen LogP contribution in [0.15, 0.2) is 33.6 Å². The van der Waals surface area contributed by atoms with Gasteiger partial charge in [-0.2, -0.15) is 0 Å². The highest BCUT2D eigenvalue weighted by Crippen LogP contribution is 2.43. The standard InChI is InChI=1S/C36H60N10O4S2/c1-27(45(25-49)23-31-21-41-29(3)43-35(31)37)33(13-17-39-15-9-5-7-11-19-47)51-52-34(14-18-40-16-10-6-8-12-20-48)28(2)46(26-50)24-32-22-42-30(4)44-36(32)38/h21-22,25-26,39-40,47-48H,5-20,23-24H2,1-4H3,(H2,37,41,43)(H2,38,42,44)/b33-27+,34-28+. The number of aryl methyl sites for hydroxylation is 2. The van der Waals surface area contributed by atoms with E-state index < -0.39 is 0 Å². The number of hydrogen-bond donors (Lipinski definition) is 6. The van der Waals surface area contributed by atoms with E-state index in [9.17, 15) is 9.59 Å². The van der Waals surface area contributed by atoms with Gasteiger partial charge in [0.1, 0.15) is 23.3 Å². The maximum absolute atomic E-state index is 12.5. The Morgan fingerprint density at radius 2 is 1.06 bits per heavy atom. The van der Waals surface area contributed by atoms with Gasteiger partial charge in [-0.1, -0.05) is 47.3 Å². The van der Waals surface area contributed by atoms with Gasteiger partial charge in [-0.3, -0.25) is 9.59 Å². The van der Waals surface area contributed by atoms with E-state index in [4.69, 9.17) is 21.7 Å². The molecule has 0 fully saturated rings. The van der Waals surface area contributed by atoms with Crippen LogP contribution in [0.2, 0.25) is 0 Å². The lowest BCUT2D eigenvalue weighted by Crippen LogP contribution is -2.23. The number of nitrogens with one attached hydrogen (secondary N) is 2. The molecule has 0 saturated carbocycles. The van der Waals surface area contributed by atoms with Gasteiger partial charge < -0.3 is 42.1 Å². The highest BCUT2D eigenvalue weighted by atomic mass is 33.1. The highest BCUT2D eigenvalue weighted by Gasteiger charge is 2.18. The second-order valence-electron chi connectivity index (χ2n) is 12.6. The van der Waals surface area contributed by atoms with Crippen molar-refractivity contribution in [2.24, 2.45) is 0 Å². The average molecular weight is 761 g/mol. The minimum atomic E-state index is 0.222. The van der Waals surface area contributed by atoms with Crippen molar-refractivity contribution in [3.05, 3.63) is 56.4 Å². The van der Waals surface area contributed by atoms with Gasteiger partial charge in [0.05, 0.1) is 13.1 Å². The van der Waals surface area contributed by atoms with Gasteiger partial charge in [0.15, 0.2) is 0 Å². The molecule has 0 aliphatic carbocycles. The lowest BCUT2D eigenvalue weighted by Gasteiger charge is -2.24. The SMILES string of the molecule is C/C(=C(/CCNCCCCCCO)SS/C(CCNCCCCCCO)=C(\C)N(C=O)Cc1cnc(C)nc1N)N(C=O)Cc1cnc(C)nc1N. The molecule has 14 nitrogen and oxygen atoms in total. The van der Waals surface area contributed by atoms with Crippen LogP contribution in [-0.4, -0.2) is 92.2 Å². The molecule has 0 atom stereocenters. The van der Waals surface area contributed by atoms with E-state index >= 15 is 0 Å². The van der Waals surface area contributed by atoms with Crippen molar-refractivity contribution >= 4 is 46.0 Å². The zero-order valence-electron chi connectivity index (χ0n) is 31.4. The third-order valence-electron chi connectivity index (χ3n) is 8.47. The Labute approximate surface area is 317 Å². The Balaban J connectivity index is 2.33. The molecule has 0 aromatic carbocycles. The predicted octanol–water partition coefficient (Wildman–Crippen LogP) is 4.57. The number of hydrogen-bond acceptors (Lipinski definition) is 14. The monoisotopic (exact) mass is 760 g/mol. The Hall–Kier alpha value is -3.28. The number of nitrogens with two attached hydrogens (primary N) is 2. The summed E-state index contributed by atoms with van der Waals surface area (Å²) >= 11 is 0. The quantitative estimate of drug-likeness (QED) is 0.0382. The Morgan fingerprint density at radius 1 is 0.673 bits per heavy atom. The van der Waals surface area contributed by atoms with Crippen molar-refractivity contribution < 1.29 is 19.8 Å². The smallest absolute Gasteiger partial charge is 0.214 e. The minimum Gasteiger partial charge on any atom is -0.396 e. The fourth-order valence-electron chi connectivity index (χ4n) is 5.18. The van der Waals surface area contributed by atoms with E-state index in [-0.39, 0.29) is 26.3 Å². The molecular weight excluding hydrogens is 701 g/mol. The average Bonchev–Trinajstić information content (AvgIpc) is 3.13. The minimum absolute atomic E-state index is 0.222. The fourth-order valence-corrected chi connectivity index (χ4v) is 8.05. The van der Waals surface area contributed by atoms with E-state index in [1.54, 1.807) is 57.6 Å². The van der Waals surface area contributed by atoms with Crippen LogP contribution in [0.25, 0.3) is 0 Å². The number of nitrogen functional groups attached to an aromatic ring is 2. The number of anilines is 2. The number of carbonyl (C=O) groups is 2. The summed E-state index contributed by atoms with van der Waals surface area (Å²) in [5, 5.41) is 25.2. The molecule has 2 aromatic rings. The lowest BCUT2D eigenvalue weighted by molar-refractivity contribution is -0.117. The number of rotatable bonds is 29. The summed E-state index contributed by atoms with van der Waals surface area (Å²) in [6.07, 6.45) is 14.1. The molecule has 2 rings (SSSR count). The van der Waals surface area contributed by atoms with Crippen molar-refractivity contribution in [2.45, 2.75) is 105 Å². The molecule has 52 heavy (non-hydrogen) atoms. The van der Waals surface area contributed by atoms with Gasteiger partial charge in [-0.05, 0) is 92.4 Å². The summed E-state index contributed by atoms with van der Waals surface area (Å²) in [4.78, 5) is 47.3. The summed E-state index contributed by atoms with van der Waals surface area (Å²) < 4.78 is 0. The lowest BCUT2D eigenvalue weighted by atomic mass is 10.2. The molecule has 8 N–H and O–H groups in total. The predicted molar refractivity (Wildman–Crippen MR) is 212 cm³/mol. The zero-order valence-corrected chi connectivity index (χ0v) is 33.0. The summed E-state index contributed by atoms with van der Waals surface area (Å²) in [7, 11) is 3.17. The fraction of sp³-hybridized carbons (Fsp3) is 0.611. The second-order valence-corrected chi connectivity index (χ2v) is 14.9. The number of unbranched alkanes of at least 4 members (excludes halogenated alkanes) is 6. The molecule has 16 heteroatoms. The molecule has 0 saturated heterocycles. The molecule has 2 amide bonds. The van der Waals surface area contributed by atoms with Crippen LogP contribution in [0.3, 0.4) is 0 Å². The molecule has 0 aliphatic rings. The van der Waals surface area contributed by atoms with Gasteiger partial charge in [-0.25, -0.2) is 19.9 Å². The maximum atomic E-state index is 12.5. The molecular formula is C36H60N10O4S2. The van der Waals surface area contributed by atoms with E-state index in [2.05, 4.69) is 30.6 Å². The van der Waals surface area contributed by atoms with Crippen molar-refractivity contribution in [2.75, 3.05) is 50.9 Å². The van der Waals surface area contributed by atoms with Crippen LogP contribution in [0, 0.1) is 13.8 Å². The summed E-state index contributed by atoms with van der Waals surface area (Å²) in [5.41, 5.74) is 15.3. The van der Waals surface area contributed by atoms with E-state index in [1.165, 1.54) is 0 Å². The molecule has 0 aliphatic heterocycles. The topological polar surface area (TPSA) is 209 Å². The van der Waals surface area contributed by atoms with E-state index in [0.717, 1.165) is 98.5 Å². The van der Waals surface area contributed by atoms with Crippen molar-refractivity contribution in [1.29, 1.82) is 0 Å². The third kappa shape index (κ3) is 17.0. The molecule has 0 spiro atoms. The summed E-state index contributed by atoms with van der Waals surface area (Å²) in [6, 6.07) is 0. The Bertz CT molecular complexity index is 1320. The van der Waals surface area contributed by atoms with Crippen LogP contribution >= 0.6 is 21.6 Å². The van der Waals surface area contributed by atoms with E-state index in [1.807, 2.05) is 13.8 Å². The van der Waals surface area contributed by atoms with Crippen LogP contribution < -0.4 is 22.1 Å². The number of carbonyl (C=O) groups excluding carboxylic acids is 2.